The zero-order chi connectivity index (χ0) is 19.3. The predicted molar refractivity (Wildman–Crippen MR) is 103 cm³/mol. The zero-order valence-electron chi connectivity index (χ0n) is 14.8. The fourth-order valence-electron chi connectivity index (χ4n) is 3.09. The number of carbonyl (C=O) groups is 2. The molecule has 1 aromatic rings. The van der Waals surface area contributed by atoms with E-state index in [0.717, 1.165) is 0 Å². The quantitative estimate of drug-likeness (QED) is 0.428. The molecule has 0 bridgehead atoms. The molecule has 1 aliphatic carbocycles. The van der Waals surface area contributed by atoms with Gasteiger partial charge in [0, 0.05) is 29.7 Å². The molecule has 0 fully saturated rings. The molecular weight excluding hydrogens is 402 g/mol. The van der Waals surface area contributed by atoms with E-state index in [4.69, 9.17) is 0 Å². The van der Waals surface area contributed by atoms with E-state index < -0.39 is 16.8 Å². The van der Waals surface area contributed by atoms with Crippen LogP contribution in [0.1, 0.15) is 26.7 Å². The number of nitrogens with zero attached hydrogens (tertiary/aromatic N) is 2. The van der Waals surface area contributed by atoms with Crippen LogP contribution in [0.25, 0.3) is 0 Å². The van der Waals surface area contributed by atoms with Crippen LogP contribution in [0.15, 0.2) is 34.8 Å². The number of non-ortho nitro benzene ring substituents is 1. The van der Waals surface area contributed by atoms with Crippen LogP contribution in [0.4, 0.5) is 11.4 Å². The SMILES string of the molecule is CCN(CC)C(=O)C1CC=CCC1C(=O)Nc1ccc([N+](=O)[O-])cc1Br. The normalized spacial score (nSPS) is 19.0. The van der Waals surface area contributed by atoms with Crippen LogP contribution in [0.5, 0.6) is 0 Å². The summed E-state index contributed by atoms with van der Waals surface area (Å²) >= 11 is 3.25. The Balaban J connectivity index is 2.17. The Morgan fingerprint density at radius 3 is 2.38 bits per heavy atom. The molecule has 0 aliphatic heterocycles. The largest absolute Gasteiger partial charge is 0.343 e. The first-order valence-electron chi connectivity index (χ1n) is 8.57. The molecule has 1 N–H and O–H groups in total. The topological polar surface area (TPSA) is 92.6 Å². The molecule has 0 aromatic heterocycles. The fourth-order valence-corrected chi connectivity index (χ4v) is 3.56. The third kappa shape index (κ3) is 4.49. The highest BCUT2D eigenvalue weighted by Crippen LogP contribution is 2.31. The van der Waals surface area contributed by atoms with Crippen molar-refractivity contribution in [1.29, 1.82) is 0 Å². The van der Waals surface area contributed by atoms with Crippen LogP contribution in [0, 0.1) is 22.0 Å². The minimum Gasteiger partial charge on any atom is -0.343 e. The van der Waals surface area contributed by atoms with Gasteiger partial charge in [-0.3, -0.25) is 19.7 Å². The molecule has 8 heteroatoms. The number of allylic oxidation sites excluding steroid dienone is 2. The second-order valence-corrected chi connectivity index (χ2v) is 6.93. The third-order valence-corrected chi connectivity index (χ3v) is 5.24. The number of nitro groups is 1. The molecule has 2 atom stereocenters. The first-order valence-corrected chi connectivity index (χ1v) is 9.36. The van der Waals surface area contributed by atoms with Crippen LogP contribution >= 0.6 is 15.9 Å². The van der Waals surface area contributed by atoms with Gasteiger partial charge in [0.05, 0.1) is 22.4 Å². The second-order valence-electron chi connectivity index (χ2n) is 6.08. The molecule has 1 aliphatic rings. The molecule has 2 rings (SSSR count). The number of nitrogens with one attached hydrogen (secondary N) is 1. The number of hydrogen-bond acceptors (Lipinski definition) is 4. The van der Waals surface area contributed by atoms with Crippen molar-refractivity contribution in [2.24, 2.45) is 11.8 Å². The van der Waals surface area contributed by atoms with Gasteiger partial charge in [-0.2, -0.15) is 0 Å². The average molecular weight is 424 g/mol. The summed E-state index contributed by atoms with van der Waals surface area (Å²) in [5.74, 6) is -1.12. The summed E-state index contributed by atoms with van der Waals surface area (Å²) in [5.41, 5.74) is 0.384. The van der Waals surface area contributed by atoms with E-state index in [2.05, 4.69) is 21.2 Å². The Morgan fingerprint density at radius 2 is 1.85 bits per heavy atom. The van der Waals surface area contributed by atoms with Gasteiger partial charge in [-0.25, -0.2) is 0 Å². The maximum atomic E-state index is 12.8. The summed E-state index contributed by atoms with van der Waals surface area (Å²) in [4.78, 5) is 37.6. The molecule has 0 saturated heterocycles. The average Bonchev–Trinajstić information content (AvgIpc) is 2.64. The van der Waals surface area contributed by atoms with Gasteiger partial charge < -0.3 is 10.2 Å². The Kier molecular flexibility index (Phi) is 6.90. The number of anilines is 1. The first-order chi connectivity index (χ1) is 12.4. The van der Waals surface area contributed by atoms with Crippen molar-refractivity contribution < 1.29 is 14.5 Å². The van der Waals surface area contributed by atoms with Crippen LogP contribution in [0.2, 0.25) is 0 Å². The molecule has 1 aromatic carbocycles. The van der Waals surface area contributed by atoms with Crippen LogP contribution in [-0.2, 0) is 9.59 Å². The van der Waals surface area contributed by atoms with Gasteiger partial charge in [-0.05, 0) is 48.7 Å². The van der Waals surface area contributed by atoms with Crippen molar-refractivity contribution in [3.63, 3.8) is 0 Å². The van der Waals surface area contributed by atoms with Crippen molar-refractivity contribution in [2.45, 2.75) is 26.7 Å². The van der Waals surface area contributed by atoms with Crippen molar-refractivity contribution in [1.82, 2.24) is 4.90 Å². The third-order valence-electron chi connectivity index (χ3n) is 4.58. The lowest BCUT2D eigenvalue weighted by Crippen LogP contribution is -2.43. The molecule has 140 valence electrons. The van der Waals surface area contributed by atoms with Crippen LogP contribution in [0.3, 0.4) is 0 Å². The van der Waals surface area contributed by atoms with Gasteiger partial charge in [-0.1, -0.05) is 12.2 Å². The minimum absolute atomic E-state index is 0.0118. The van der Waals surface area contributed by atoms with Gasteiger partial charge in [0.25, 0.3) is 5.69 Å². The lowest BCUT2D eigenvalue weighted by Gasteiger charge is -2.31. The molecule has 0 radical (unpaired) electrons. The van der Waals surface area contributed by atoms with Crippen molar-refractivity contribution in [3.8, 4) is 0 Å². The number of amides is 2. The van der Waals surface area contributed by atoms with Gasteiger partial charge in [0.2, 0.25) is 11.8 Å². The van der Waals surface area contributed by atoms with E-state index in [0.29, 0.717) is 36.1 Å². The molecule has 0 spiro atoms. The first kappa shape index (κ1) is 20.1. The van der Waals surface area contributed by atoms with E-state index >= 15 is 0 Å². The number of carbonyl (C=O) groups excluding carboxylic acids is 2. The van der Waals surface area contributed by atoms with Gasteiger partial charge in [0.1, 0.15) is 0 Å². The Hall–Kier alpha value is -2.22. The minimum atomic E-state index is -0.499. The summed E-state index contributed by atoms with van der Waals surface area (Å²) in [7, 11) is 0. The maximum absolute atomic E-state index is 12.8. The molecule has 0 heterocycles. The number of benzene rings is 1. The summed E-state index contributed by atoms with van der Waals surface area (Å²) in [6.07, 6.45) is 4.89. The lowest BCUT2D eigenvalue weighted by atomic mass is 9.81. The number of rotatable bonds is 6. The highest BCUT2D eigenvalue weighted by molar-refractivity contribution is 9.10. The summed E-state index contributed by atoms with van der Waals surface area (Å²) in [6, 6.07) is 4.16. The highest BCUT2D eigenvalue weighted by atomic mass is 79.9. The van der Waals surface area contributed by atoms with E-state index in [1.165, 1.54) is 18.2 Å². The Morgan fingerprint density at radius 1 is 1.23 bits per heavy atom. The van der Waals surface area contributed by atoms with Gasteiger partial charge in [-0.15, -0.1) is 0 Å². The number of halogens is 1. The zero-order valence-corrected chi connectivity index (χ0v) is 16.4. The molecule has 2 unspecified atom stereocenters. The van der Waals surface area contributed by atoms with E-state index in [1.807, 2.05) is 26.0 Å². The van der Waals surface area contributed by atoms with E-state index in [-0.39, 0.29) is 17.5 Å². The Bertz CT molecular complexity index is 731. The van der Waals surface area contributed by atoms with Gasteiger partial charge in [0.15, 0.2) is 0 Å². The summed E-state index contributed by atoms with van der Waals surface area (Å²) in [5, 5.41) is 13.6. The molecular formula is C18H22BrN3O4. The van der Waals surface area contributed by atoms with Gasteiger partial charge >= 0.3 is 0 Å². The summed E-state index contributed by atoms with van der Waals surface area (Å²) < 4.78 is 0.429. The molecule has 0 saturated carbocycles. The standard InChI is InChI=1S/C18H22BrN3O4/c1-3-21(4-2)18(24)14-8-6-5-7-13(14)17(23)20-16-10-9-12(22(25)26)11-15(16)19/h5-6,9-11,13-14H,3-4,7-8H2,1-2H3,(H,20,23). The molecule has 26 heavy (non-hydrogen) atoms. The summed E-state index contributed by atoms with van der Waals surface area (Å²) in [6.45, 7) is 5.06. The number of nitro benzene ring substituents is 1. The van der Waals surface area contributed by atoms with Crippen molar-refractivity contribution >= 4 is 39.1 Å². The monoisotopic (exact) mass is 423 g/mol. The smallest absolute Gasteiger partial charge is 0.270 e. The van der Waals surface area contributed by atoms with Crippen molar-refractivity contribution in [3.05, 3.63) is 44.9 Å². The number of hydrogen-bond donors (Lipinski definition) is 1. The van der Waals surface area contributed by atoms with Crippen molar-refractivity contribution in [2.75, 3.05) is 18.4 Å². The van der Waals surface area contributed by atoms with E-state index in [1.54, 1.807) is 4.90 Å². The van der Waals surface area contributed by atoms with Crippen LogP contribution < -0.4 is 5.32 Å². The maximum Gasteiger partial charge on any atom is 0.270 e. The fraction of sp³-hybridized carbons (Fsp3) is 0.444. The lowest BCUT2D eigenvalue weighted by molar-refractivity contribution is -0.384. The van der Waals surface area contributed by atoms with Crippen LogP contribution in [-0.4, -0.2) is 34.7 Å². The highest BCUT2D eigenvalue weighted by Gasteiger charge is 2.36. The molecule has 2 amide bonds. The predicted octanol–water partition coefficient (Wildman–Crippen LogP) is 3.75. The molecule has 7 nitrogen and oxygen atoms in total. The second kappa shape index (κ2) is 8.93. The van der Waals surface area contributed by atoms with E-state index in [9.17, 15) is 19.7 Å². The Labute approximate surface area is 160 Å².